The summed E-state index contributed by atoms with van der Waals surface area (Å²) in [5.74, 6) is 0.466. The van der Waals surface area contributed by atoms with Crippen LogP contribution in [0.4, 0.5) is 5.13 Å². The smallest absolute Gasteiger partial charge is 0.254 e. The summed E-state index contributed by atoms with van der Waals surface area (Å²) in [6, 6.07) is 9.72. The number of nitrogens with one attached hydrogen (secondary N) is 1. The maximum Gasteiger partial charge on any atom is 0.254 e. The first kappa shape index (κ1) is 17.0. The fourth-order valence-corrected chi connectivity index (χ4v) is 4.09. The fraction of sp³-hybridized carbons (Fsp3) is 0.278. The van der Waals surface area contributed by atoms with E-state index in [1.54, 1.807) is 0 Å². The van der Waals surface area contributed by atoms with Crippen LogP contribution in [0.3, 0.4) is 0 Å². The number of para-hydroxylation sites is 1. The largest absolute Gasteiger partial charge is 0.454 e. The molecular formula is C18H16N6O3S. The average molecular weight is 396 g/mol. The minimum absolute atomic E-state index is 0.200. The molecule has 4 heterocycles. The number of aromatic nitrogens is 5. The number of ether oxygens (including phenoxy) is 1. The van der Waals surface area contributed by atoms with Crippen LogP contribution in [0.2, 0.25) is 0 Å². The van der Waals surface area contributed by atoms with Crippen LogP contribution in [-0.2, 0) is 15.1 Å². The lowest BCUT2D eigenvalue weighted by molar-refractivity contribution is -0.130. The number of amides is 1. The van der Waals surface area contributed by atoms with E-state index in [4.69, 9.17) is 9.15 Å². The van der Waals surface area contributed by atoms with Crippen molar-refractivity contribution in [1.82, 2.24) is 25.2 Å². The van der Waals surface area contributed by atoms with Gasteiger partial charge < -0.3 is 9.15 Å². The summed E-state index contributed by atoms with van der Waals surface area (Å²) in [5, 5.41) is 17.6. The number of rotatable bonds is 4. The van der Waals surface area contributed by atoms with E-state index in [2.05, 4.69) is 25.8 Å². The van der Waals surface area contributed by atoms with E-state index in [1.165, 1.54) is 22.3 Å². The maximum atomic E-state index is 13.1. The zero-order chi connectivity index (χ0) is 19.0. The molecule has 0 bridgehead atoms. The van der Waals surface area contributed by atoms with Crippen molar-refractivity contribution in [2.24, 2.45) is 0 Å². The summed E-state index contributed by atoms with van der Waals surface area (Å²) in [5.41, 5.74) is 0.600. The molecule has 1 amide bonds. The summed E-state index contributed by atoms with van der Waals surface area (Å²) in [7, 11) is 0. The molecule has 1 aliphatic rings. The number of hydrogen-bond donors (Lipinski definition) is 1. The Bertz CT molecular complexity index is 1080. The van der Waals surface area contributed by atoms with Gasteiger partial charge in [0.2, 0.25) is 0 Å². The number of furan rings is 1. The van der Waals surface area contributed by atoms with Crippen molar-refractivity contribution in [2.75, 3.05) is 18.5 Å². The first-order valence-corrected chi connectivity index (χ1v) is 9.70. The summed E-state index contributed by atoms with van der Waals surface area (Å²) in [4.78, 5) is 17.7. The molecule has 0 saturated carbocycles. The summed E-state index contributed by atoms with van der Waals surface area (Å²) in [6.07, 6.45) is 2.45. The standard InChI is InChI=1S/C18H16N6O3S/c25-16(18(5-7-26-8-6-18)24-11-19-22-23-24)21-17-20-13(10-28-17)15-9-12-3-1-2-4-14(12)27-15/h1-4,9-11H,5-8H2,(H,20,21,25). The highest BCUT2D eigenvalue weighted by Crippen LogP contribution is 2.33. The van der Waals surface area contributed by atoms with Gasteiger partial charge in [-0.15, -0.1) is 16.4 Å². The Morgan fingerprint density at radius 2 is 2.11 bits per heavy atom. The Labute approximate surface area is 163 Å². The van der Waals surface area contributed by atoms with E-state index in [9.17, 15) is 4.79 Å². The van der Waals surface area contributed by atoms with E-state index in [0.29, 0.717) is 42.6 Å². The highest BCUT2D eigenvalue weighted by Gasteiger charge is 2.43. The number of nitrogens with zero attached hydrogens (tertiary/aromatic N) is 5. The van der Waals surface area contributed by atoms with Gasteiger partial charge in [-0.1, -0.05) is 18.2 Å². The molecule has 1 aliphatic heterocycles. The Morgan fingerprint density at radius 3 is 2.89 bits per heavy atom. The summed E-state index contributed by atoms with van der Waals surface area (Å²) >= 11 is 1.35. The van der Waals surface area contributed by atoms with Crippen LogP contribution >= 0.6 is 11.3 Å². The van der Waals surface area contributed by atoms with Crippen molar-refractivity contribution in [1.29, 1.82) is 0 Å². The van der Waals surface area contributed by atoms with Crippen molar-refractivity contribution >= 4 is 33.3 Å². The molecule has 28 heavy (non-hydrogen) atoms. The van der Waals surface area contributed by atoms with Crippen LogP contribution in [0.15, 0.2) is 46.5 Å². The molecule has 0 aliphatic carbocycles. The molecule has 142 valence electrons. The second kappa shape index (κ2) is 6.80. The Balaban J connectivity index is 1.41. The zero-order valence-electron chi connectivity index (χ0n) is 14.7. The third-order valence-electron chi connectivity index (χ3n) is 4.93. The lowest BCUT2D eigenvalue weighted by atomic mass is 9.89. The molecule has 0 unspecified atom stereocenters. The van der Waals surface area contributed by atoms with Gasteiger partial charge in [0.1, 0.15) is 23.1 Å². The molecule has 0 radical (unpaired) electrons. The number of tetrazole rings is 1. The van der Waals surface area contributed by atoms with E-state index in [-0.39, 0.29) is 5.91 Å². The molecule has 9 nitrogen and oxygen atoms in total. The number of hydrogen-bond acceptors (Lipinski definition) is 8. The van der Waals surface area contributed by atoms with Gasteiger partial charge in [0.25, 0.3) is 5.91 Å². The number of thiazole rings is 1. The average Bonchev–Trinajstić information content (AvgIpc) is 3.48. The molecule has 0 atom stereocenters. The fourth-order valence-electron chi connectivity index (χ4n) is 3.39. The van der Waals surface area contributed by atoms with Gasteiger partial charge in [-0.3, -0.25) is 10.1 Å². The van der Waals surface area contributed by atoms with Crippen LogP contribution < -0.4 is 5.32 Å². The van der Waals surface area contributed by atoms with Crippen LogP contribution in [0, 0.1) is 0 Å². The summed E-state index contributed by atoms with van der Waals surface area (Å²) < 4.78 is 12.8. The number of anilines is 1. The maximum absolute atomic E-state index is 13.1. The molecule has 5 rings (SSSR count). The van der Waals surface area contributed by atoms with Crippen LogP contribution in [0.1, 0.15) is 12.8 Å². The van der Waals surface area contributed by atoms with Gasteiger partial charge in [0, 0.05) is 36.8 Å². The first-order valence-electron chi connectivity index (χ1n) is 8.82. The lowest BCUT2D eigenvalue weighted by Crippen LogP contribution is -2.49. The van der Waals surface area contributed by atoms with Gasteiger partial charge in [0.15, 0.2) is 10.9 Å². The Morgan fingerprint density at radius 1 is 1.25 bits per heavy atom. The Hall–Kier alpha value is -3.11. The van der Waals surface area contributed by atoms with E-state index < -0.39 is 5.54 Å². The van der Waals surface area contributed by atoms with Gasteiger partial charge in [-0.2, -0.15) is 0 Å². The summed E-state index contributed by atoms with van der Waals surface area (Å²) in [6.45, 7) is 0.935. The van der Waals surface area contributed by atoms with Gasteiger partial charge >= 0.3 is 0 Å². The van der Waals surface area contributed by atoms with Gasteiger partial charge in [-0.25, -0.2) is 9.67 Å². The molecule has 10 heteroatoms. The van der Waals surface area contributed by atoms with Crippen LogP contribution in [0.25, 0.3) is 22.4 Å². The second-order valence-electron chi connectivity index (χ2n) is 6.54. The molecular weight excluding hydrogens is 380 g/mol. The van der Waals surface area contributed by atoms with E-state index in [1.807, 2.05) is 35.7 Å². The number of benzene rings is 1. The van der Waals surface area contributed by atoms with Crippen molar-refractivity contribution < 1.29 is 13.9 Å². The molecule has 1 aromatic carbocycles. The molecule has 3 aromatic heterocycles. The topological polar surface area (TPSA) is 108 Å². The zero-order valence-corrected chi connectivity index (χ0v) is 15.6. The highest BCUT2D eigenvalue weighted by atomic mass is 32.1. The molecule has 1 saturated heterocycles. The first-order chi connectivity index (χ1) is 13.7. The third kappa shape index (κ3) is 2.86. The normalized spacial score (nSPS) is 16.3. The van der Waals surface area contributed by atoms with Crippen molar-refractivity contribution in [2.45, 2.75) is 18.4 Å². The molecule has 1 fully saturated rings. The van der Waals surface area contributed by atoms with Crippen LogP contribution in [-0.4, -0.2) is 44.3 Å². The van der Waals surface area contributed by atoms with Gasteiger partial charge in [-0.05, 0) is 22.6 Å². The second-order valence-corrected chi connectivity index (χ2v) is 7.40. The number of carbonyl (C=O) groups is 1. The number of carbonyl (C=O) groups excluding carboxylic acids is 1. The number of fused-ring (bicyclic) bond motifs is 1. The predicted molar refractivity (Wildman–Crippen MR) is 102 cm³/mol. The van der Waals surface area contributed by atoms with E-state index in [0.717, 1.165) is 11.0 Å². The quantitative estimate of drug-likeness (QED) is 0.565. The lowest BCUT2D eigenvalue weighted by Gasteiger charge is -2.34. The predicted octanol–water partition coefficient (Wildman–Crippen LogP) is 2.69. The third-order valence-corrected chi connectivity index (χ3v) is 5.69. The van der Waals surface area contributed by atoms with Crippen molar-refractivity contribution in [3.8, 4) is 11.5 Å². The monoisotopic (exact) mass is 396 g/mol. The molecule has 0 spiro atoms. The minimum Gasteiger partial charge on any atom is -0.454 e. The minimum atomic E-state index is -0.882. The van der Waals surface area contributed by atoms with E-state index >= 15 is 0 Å². The molecule has 1 N–H and O–H groups in total. The Kier molecular flexibility index (Phi) is 4.14. The highest BCUT2D eigenvalue weighted by molar-refractivity contribution is 7.14. The van der Waals surface area contributed by atoms with Crippen molar-refractivity contribution in [3.05, 3.63) is 42.0 Å². The van der Waals surface area contributed by atoms with Crippen LogP contribution in [0.5, 0.6) is 0 Å². The molecule has 4 aromatic rings. The van der Waals surface area contributed by atoms with Gasteiger partial charge in [0.05, 0.1) is 0 Å². The van der Waals surface area contributed by atoms with Crippen molar-refractivity contribution in [3.63, 3.8) is 0 Å². The SMILES string of the molecule is O=C(Nc1nc(-c2cc3ccccc3o2)cs1)C1(n2cnnn2)CCOCC1.